The van der Waals surface area contributed by atoms with E-state index in [0.717, 1.165) is 48.3 Å². The van der Waals surface area contributed by atoms with Crippen LogP contribution >= 0.6 is 0 Å². The number of piperidine rings is 1. The van der Waals surface area contributed by atoms with Gasteiger partial charge in [0.05, 0.1) is 26.1 Å². The van der Waals surface area contributed by atoms with Crippen molar-refractivity contribution in [3.8, 4) is 11.5 Å². The fraction of sp³-hybridized carbons (Fsp3) is 0.348. The summed E-state index contributed by atoms with van der Waals surface area (Å²) in [7, 11) is 3.27. The zero-order valence-corrected chi connectivity index (χ0v) is 17.7. The quantitative estimate of drug-likeness (QED) is 0.473. The monoisotopic (exact) mass is 405 g/mol. The topological polar surface area (TPSA) is 71.9 Å². The van der Waals surface area contributed by atoms with E-state index in [1.807, 2.05) is 24.3 Å². The van der Waals surface area contributed by atoms with Gasteiger partial charge in [0.2, 0.25) is 0 Å². The third-order valence-corrected chi connectivity index (χ3v) is 5.25. The van der Waals surface area contributed by atoms with Gasteiger partial charge >= 0.3 is 0 Å². The summed E-state index contributed by atoms with van der Waals surface area (Å²) in [5, 5.41) is 4.14. The molecule has 3 aromatic rings. The minimum Gasteiger partial charge on any atom is -0.493 e. The van der Waals surface area contributed by atoms with Crippen molar-refractivity contribution in [3.05, 3.63) is 42.0 Å². The van der Waals surface area contributed by atoms with Gasteiger partial charge in [-0.2, -0.15) is 4.98 Å². The summed E-state index contributed by atoms with van der Waals surface area (Å²) >= 11 is 0. The van der Waals surface area contributed by atoms with Gasteiger partial charge in [-0.05, 0) is 49.9 Å². The van der Waals surface area contributed by atoms with Crippen molar-refractivity contribution in [2.75, 3.05) is 37.5 Å². The number of benzene rings is 2. The number of hydrogen-bond acceptors (Lipinski definition) is 6. The lowest BCUT2D eigenvalue weighted by atomic mass is 10.1. The van der Waals surface area contributed by atoms with Gasteiger partial charge in [-0.25, -0.2) is 9.98 Å². The summed E-state index contributed by atoms with van der Waals surface area (Å²) in [6, 6.07) is 12.0. The van der Waals surface area contributed by atoms with Gasteiger partial charge in [-0.1, -0.05) is 12.1 Å². The van der Waals surface area contributed by atoms with Crippen LogP contribution in [0, 0.1) is 6.92 Å². The Morgan fingerprint density at radius 2 is 1.77 bits per heavy atom. The fourth-order valence-electron chi connectivity index (χ4n) is 3.73. The molecule has 1 saturated heterocycles. The Bertz CT molecular complexity index is 1060. The lowest BCUT2D eigenvalue weighted by Crippen LogP contribution is -2.30. The molecule has 1 aromatic heterocycles. The third kappa shape index (κ3) is 4.30. The highest BCUT2D eigenvalue weighted by Gasteiger charge is 2.19. The largest absolute Gasteiger partial charge is 0.493 e. The summed E-state index contributed by atoms with van der Waals surface area (Å²) in [5.74, 6) is 2.61. The molecule has 2 heterocycles. The van der Waals surface area contributed by atoms with E-state index in [9.17, 15) is 0 Å². The maximum atomic E-state index is 5.50. The van der Waals surface area contributed by atoms with Crippen molar-refractivity contribution in [1.82, 2.24) is 9.97 Å². The van der Waals surface area contributed by atoms with E-state index in [2.05, 4.69) is 39.2 Å². The summed E-state index contributed by atoms with van der Waals surface area (Å²) < 4.78 is 11.0. The Labute approximate surface area is 176 Å². The van der Waals surface area contributed by atoms with Crippen molar-refractivity contribution in [1.29, 1.82) is 0 Å². The van der Waals surface area contributed by atoms with Crippen LogP contribution in [0.25, 0.3) is 10.9 Å². The molecular formula is C23H27N5O2. The van der Waals surface area contributed by atoms with Crippen LogP contribution in [-0.2, 0) is 0 Å². The molecule has 0 atom stereocenters. The second-order valence-electron chi connectivity index (χ2n) is 7.39. The highest BCUT2D eigenvalue weighted by molar-refractivity contribution is 5.93. The van der Waals surface area contributed by atoms with Crippen molar-refractivity contribution in [2.24, 2.45) is 4.99 Å². The number of aliphatic imine (C=N–C) groups is 1. The molecule has 4 rings (SSSR count). The Kier molecular flexibility index (Phi) is 5.97. The van der Waals surface area contributed by atoms with Gasteiger partial charge < -0.3 is 19.7 Å². The van der Waals surface area contributed by atoms with Gasteiger partial charge in [-0.3, -0.25) is 0 Å². The van der Waals surface area contributed by atoms with Gasteiger partial charge in [0.25, 0.3) is 5.95 Å². The van der Waals surface area contributed by atoms with Crippen molar-refractivity contribution < 1.29 is 9.47 Å². The summed E-state index contributed by atoms with van der Waals surface area (Å²) in [4.78, 5) is 16.2. The highest BCUT2D eigenvalue weighted by Crippen LogP contribution is 2.36. The van der Waals surface area contributed by atoms with Crippen molar-refractivity contribution >= 4 is 34.7 Å². The molecule has 0 radical (unpaired) electrons. The predicted molar refractivity (Wildman–Crippen MR) is 122 cm³/mol. The molecule has 7 heteroatoms. The Hall–Kier alpha value is -3.35. The van der Waals surface area contributed by atoms with Crippen LogP contribution in [0.2, 0.25) is 0 Å². The van der Waals surface area contributed by atoms with E-state index in [1.54, 1.807) is 20.6 Å². The van der Waals surface area contributed by atoms with E-state index < -0.39 is 0 Å². The van der Waals surface area contributed by atoms with E-state index in [-0.39, 0.29) is 0 Å². The first-order chi connectivity index (χ1) is 14.7. The predicted octanol–water partition coefficient (Wildman–Crippen LogP) is 4.72. The number of fused-ring (bicyclic) bond motifs is 1. The molecule has 0 spiro atoms. The standard InChI is InChI=1S/C23H27N5O2/c1-16-8-7-9-17(12-16)24-15-25-23-26-19-14-21(30-3)20(29-2)13-18(19)22(27-23)28-10-5-4-6-11-28/h7-9,12-15H,4-6,10-11H2,1-3H3,(H,24,25,26,27). The normalized spacial score (nSPS) is 14.3. The smallest absolute Gasteiger partial charge is 0.253 e. The molecule has 0 aliphatic carbocycles. The first-order valence-electron chi connectivity index (χ1n) is 10.2. The molecule has 156 valence electrons. The van der Waals surface area contributed by atoms with Gasteiger partial charge in [0.1, 0.15) is 5.82 Å². The zero-order chi connectivity index (χ0) is 20.9. The number of rotatable bonds is 6. The lowest BCUT2D eigenvalue weighted by molar-refractivity contribution is 0.356. The number of aromatic nitrogens is 2. The molecule has 7 nitrogen and oxygen atoms in total. The van der Waals surface area contributed by atoms with Gasteiger partial charge in [0.15, 0.2) is 11.5 Å². The van der Waals surface area contributed by atoms with E-state index in [1.165, 1.54) is 12.0 Å². The Morgan fingerprint density at radius 1 is 1.00 bits per heavy atom. The number of aryl methyl sites for hydroxylation is 1. The minimum atomic E-state index is 0.412. The van der Waals surface area contributed by atoms with E-state index in [0.29, 0.717) is 17.4 Å². The summed E-state index contributed by atoms with van der Waals surface area (Å²) in [6.45, 7) is 4.01. The number of hydrogen-bond donors (Lipinski definition) is 1. The molecule has 0 amide bonds. The molecule has 0 saturated carbocycles. The highest BCUT2D eigenvalue weighted by atomic mass is 16.5. The maximum absolute atomic E-state index is 5.50. The molecule has 1 aliphatic heterocycles. The molecule has 1 aliphatic rings. The third-order valence-electron chi connectivity index (χ3n) is 5.25. The Balaban J connectivity index is 1.72. The lowest BCUT2D eigenvalue weighted by Gasteiger charge is -2.28. The second kappa shape index (κ2) is 8.98. The molecular weight excluding hydrogens is 378 g/mol. The van der Waals surface area contributed by atoms with E-state index >= 15 is 0 Å². The number of ether oxygens (including phenoxy) is 2. The van der Waals surface area contributed by atoms with Crippen LogP contribution in [0.3, 0.4) is 0 Å². The molecule has 2 aromatic carbocycles. The van der Waals surface area contributed by atoms with Crippen LogP contribution in [-0.4, -0.2) is 43.6 Å². The molecule has 0 unspecified atom stereocenters. The average molecular weight is 406 g/mol. The molecule has 1 N–H and O–H groups in total. The zero-order valence-electron chi connectivity index (χ0n) is 17.7. The van der Waals surface area contributed by atoms with Gasteiger partial charge in [0, 0.05) is 30.2 Å². The van der Waals surface area contributed by atoms with Crippen LogP contribution in [0.5, 0.6) is 11.5 Å². The minimum absolute atomic E-state index is 0.412. The molecule has 1 fully saturated rings. The van der Waals surface area contributed by atoms with Crippen LogP contribution in [0.1, 0.15) is 24.8 Å². The first-order valence-corrected chi connectivity index (χ1v) is 10.2. The Morgan fingerprint density at radius 3 is 2.50 bits per heavy atom. The fourth-order valence-corrected chi connectivity index (χ4v) is 3.73. The molecule has 0 bridgehead atoms. The van der Waals surface area contributed by atoms with Crippen LogP contribution in [0.15, 0.2) is 41.4 Å². The average Bonchev–Trinajstić information content (AvgIpc) is 2.78. The maximum Gasteiger partial charge on any atom is 0.253 e. The number of nitrogens with one attached hydrogen (secondary N) is 1. The summed E-state index contributed by atoms with van der Waals surface area (Å²) in [5.41, 5.74) is 2.94. The molecule has 30 heavy (non-hydrogen) atoms. The summed E-state index contributed by atoms with van der Waals surface area (Å²) in [6.07, 6.45) is 5.21. The van der Waals surface area contributed by atoms with Crippen molar-refractivity contribution in [2.45, 2.75) is 26.2 Å². The van der Waals surface area contributed by atoms with E-state index in [4.69, 9.17) is 14.5 Å². The van der Waals surface area contributed by atoms with Crippen molar-refractivity contribution in [3.63, 3.8) is 0 Å². The number of methoxy groups -OCH3 is 2. The number of anilines is 2. The SMILES string of the molecule is COc1cc2nc(/N=C/Nc3cccc(C)c3)nc(N3CCCCC3)c2cc1OC. The number of nitrogens with zero attached hydrogens (tertiary/aromatic N) is 4. The van der Waals surface area contributed by atoms with Crippen LogP contribution < -0.4 is 19.7 Å². The van der Waals surface area contributed by atoms with Crippen LogP contribution in [0.4, 0.5) is 17.5 Å². The van der Waals surface area contributed by atoms with Gasteiger partial charge in [-0.15, -0.1) is 0 Å². The second-order valence-corrected chi connectivity index (χ2v) is 7.39. The first kappa shape index (κ1) is 19.9.